The molecule has 2 amide bonds. The first-order valence-corrected chi connectivity index (χ1v) is 10.4. The Morgan fingerprint density at radius 2 is 1.84 bits per heavy atom. The minimum atomic E-state index is -0.277. The number of nitrogens with one attached hydrogen (secondary N) is 2. The Kier molecular flexibility index (Phi) is 7.92. The second kappa shape index (κ2) is 11.1. The summed E-state index contributed by atoms with van der Waals surface area (Å²) in [6, 6.07) is 17.2. The average molecular weight is 423 g/mol. The van der Waals surface area contributed by atoms with E-state index in [0.717, 1.165) is 42.6 Å². The first-order chi connectivity index (χ1) is 15.0. The molecule has 1 heterocycles. The molecule has 2 aromatic carbocycles. The molecule has 0 atom stereocenters. The van der Waals surface area contributed by atoms with Gasteiger partial charge in [0.05, 0.1) is 12.2 Å². The number of aromatic amines is 1. The first-order valence-electron chi connectivity index (χ1n) is 10.4. The monoisotopic (exact) mass is 422 g/mol. The van der Waals surface area contributed by atoms with Gasteiger partial charge in [-0.2, -0.15) is 5.10 Å². The number of carbonyl (C=O) groups excluding carboxylic acids is 2. The number of benzene rings is 2. The van der Waals surface area contributed by atoms with Gasteiger partial charge in [-0.25, -0.2) is 4.39 Å². The molecule has 7 heteroatoms. The Labute approximate surface area is 181 Å². The second-order valence-electron chi connectivity index (χ2n) is 7.46. The van der Waals surface area contributed by atoms with E-state index in [1.165, 1.54) is 12.1 Å². The van der Waals surface area contributed by atoms with E-state index in [0.29, 0.717) is 12.1 Å². The number of amides is 2. The van der Waals surface area contributed by atoms with Crippen molar-refractivity contribution in [3.8, 4) is 11.3 Å². The van der Waals surface area contributed by atoms with Crippen LogP contribution in [0.2, 0.25) is 0 Å². The number of halogens is 1. The molecule has 31 heavy (non-hydrogen) atoms. The van der Waals surface area contributed by atoms with Crippen LogP contribution in [-0.4, -0.2) is 47.0 Å². The molecule has 0 bridgehead atoms. The van der Waals surface area contributed by atoms with Gasteiger partial charge in [-0.15, -0.1) is 0 Å². The molecule has 0 fully saturated rings. The maximum Gasteiger partial charge on any atom is 0.251 e. The molecule has 2 N–H and O–H groups in total. The molecule has 0 aliphatic heterocycles. The SMILES string of the molecule is CN(CCCCCc1cc(-c2cccc(F)c2)n[nH]1)C(=O)CNC(=O)c1ccccc1. The molecule has 0 aliphatic carbocycles. The Morgan fingerprint density at radius 1 is 1.03 bits per heavy atom. The highest BCUT2D eigenvalue weighted by molar-refractivity contribution is 5.96. The summed E-state index contributed by atoms with van der Waals surface area (Å²) in [5.41, 5.74) is 3.03. The fraction of sp³-hybridized carbons (Fsp3) is 0.292. The Bertz CT molecular complexity index is 1000. The highest BCUT2D eigenvalue weighted by atomic mass is 19.1. The summed E-state index contributed by atoms with van der Waals surface area (Å²) in [7, 11) is 1.75. The van der Waals surface area contributed by atoms with Gasteiger partial charge in [0.1, 0.15) is 5.82 Å². The van der Waals surface area contributed by atoms with E-state index in [9.17, 15) is 14.0 Å². The van der Waals surface area contributed by atoms with Crippen LogP contribution in [-0.2, 0) is 11.2 Å². The van der Waals surface area contributed by atoms with Crippen molar-refractivity contribution < 1.29 is 14.0 Å². The van der Waals surface area contributed by atoms with Crippen LogP contribution in [0.1, 0.15) is 35.3 Å². The average Bonchev–Trinajstić information content (AvgIpc) is 3.26. The number of aryl methyl sites for hydroxylation is 1. The lowest BCUT2D eigenvalue weighted by Crippen LogP contribution is -2.38. The molecule has 6 nitrogen and oxygen atoms in total. The van der Waals surface area contributed by atoms with Crippen molar-refractivity contribution >= 4 is 11.8 Å². The fourth-order valence-corrected chi connectivity index (χ4v) is 3.23. The van der Waals surface area contributed by atoms with Gasteiger partial charge in [-0.3, -0.25) is 14.7 Å². The van der Waals surface area contributed by atoms with Crippen LogP contribution in [0.3, 0.4) is 0 Å². The smallest absolute Gasteiger partial charge is 0.251 e. The predicted molar refractivity (Wildman–Crippen MR) is 118 cm³/mol. The van der Waals surface area contributed by atoms with Crippen LogP contribution in [0.4, 0.5) is 4.39 Å². The molecule has 1 aromatic heterocycles. The molecule has 0 radical (unpaired) electrons. The number of aromatic nitrogens is 2. The zero-order valence-corrected chi connectivity index (χ0v) is 17.6. The van der Waals surface area contributed by atoms with E-state index in [1.807, 2.05) is 18.2 Å². The van der Waals surface area contributed by atoms with E-state index in [-0.39, 0.29) is 24.2 Å². The van der Waals surface area contributed by atoms with E-state index in [2.05, 4.69) is 15.5 Å². The van der Waals surface area contributed by atoms with Crippen LogP contribution in [0.15, 0.2) is 60.7 Å². The van der Waals surface area contributed by atoms with Crippen molar-refractivity contribution in [3.05, 3.63) is 77.7 Å². The lowest BCUT2D eigenvalue weighted by atomic mass is 10.1. The Hall–Kier alpha value is -3.48. The van der Waals surface area contributed by atoms with Crippen molar-refractivity contribution in [2.75, 3.05) is 20.1 Å². The van der Waals surface area contributed by atoms with Crippen LogP contribution in [0, 0.1) is 5.82 Å². The molecule has 0 spiro atoms. The molecule has 0 unspecified atom stereocenters. The summed E-state index contributed by atoms with van der Waals surface area (Å²) >= 11 is 0. The number of carbonyl (C=O) groups is 2. The Balaban J connectivity index is 1.32. The predicted octanol–water partition coefficient (Wildman–Crippen LogP) is 3.82. The van der Waals surface area contributed by atoms with Crippen LogP contribution < -0.4 is 5.32 Å². The third-order valence-corrected chi connectivity index (χ3v) is 5.05. The van der Waals surface area contributed by atoms with Crippen LogP contribution in [0.5, 0.6) is 0 Å². The topological polar surface area (TPSA) is 78.1 Å². The number of rotatable bonds is 10. The number of hydrogen-bond donors (Lipinski definition) is 2. The molecular weight excluding hydrogens is 395 g/mol. The van der Waals surface area contributed by atoms with Gasteiger partial charge in [0.15, 0.2) is 0 Å². The molecule has 3 rings (SSSR count). The second-order valence-corrected chi connectivity index (χ2v) is 7.46. The number of nitrogens with zero attached hydrogens (tertiary/aromatic N) is 2. The molecule has 0 saturated heterocycles. The van der Waals surface area contributed by atoms with Crippen molar-refractivity contribution in [1.29, 1.82) is 0 Å². The fourth-order valence-electron chi connectivity index (χ4n) is 3.23. The minimum absolute atomic E-state index is 0.0127. The van der Waals surface area contributed by atoms with Gasteiger partial charge in [0.2, 0.25) is 5.91 Å². The van der Waals surface area contributed by atoms with Crippen molar-refractivity contribution in [1.82, 2.24) is 20.4 Å². The lowest BCUT2D eigenvalue weighted by molar-refractivity contribution is -0.128. The summed E-state index contributed by atoms with van der Waals surface area (Å²) < 4.78 is 13.3. The van der Waals surface area contributed by atoms with Gasteiger partial charge in [0, 0.05) is 30.4 Å². The largest absolute Gasteiger partial charge is 0.344 e. The van der Waals surface area contributed by atoms with Gasteiger partial charge in [-0.1, -0.05) is 36.8 Å². The van der Waals surface area contributed by atoms with Crippen molar-refractivity contribution in [3.63, 3.8) is 0 Å². The quantitative estimate of drug-likeness (QED) is 0.488. The number of likely N-dealkylation sites (N-methyl/N-ethyl adjacent to an activating group) is 1. The number of H-pyrrole nitrogens is 1. The maximum atomic E-state index is 13.3. The van der Waals surface area contributed by atoms with E-state index < -0.39 is 0 Å². The lowest BCUT2D eigenvalue weighted by Gasteiger charge is -2.17. The normalized spacial score (nSPS) is 10.6. The third-order valence-electron chi connectivity index (χ3n) is 5.05. The van der Waals surface area contributed by atoms with Gasteiger partial charge >= 0.3 is 0 Å². The highest BCUT2D eigenvalue weighted by Crippen LogP contribution is 2.19. The zero-order chi connectivity index (χ0) is 22.1. The van der Waals surface area contributed by atoms with E-state index in [1.54, 1.807) is 42.3 Å². The first kappa shape index (κ1) is 22.2. The maximum absolute atomic E-state index is 13.3. The standard InChI is InChI=1S/C24H27FN4O2/c1-29(23(30)17-26-24(31)18-9-4-2-5-10-18)14-7-3-6-13-21-16-22(28-27-21)19-11-8-12-20(25)15-19/h2,4-5,8-12,15-16H,3,6-7,13-14,17H2,1H3,(H,26,31)(H,27,28). The minimum Gasteiger partial charge on any atom is -0.344 e. The van der Waals surface area contributed by atoms with Gasteiger partial charge in [-0.05, 0) is 49.6 Å². The molecule has 3 aromatic rings. The Morgan fingerprint density at radius 3 is 2.61 bits per heavy atom. The van der Waals surface area contributed by atoms with Gasteiger partial charge < -0.3 is 10.2 Å². The molecule has 0 aliphatic rings. The summed E-state index contributed by atoms with van der Waals surface area (Å²) in [5, 5.41) is 9.92. The van der Waals surface area contributed by atoms with Crippen molar-refractivity contribution in [2.24, 2.45) is 0 Å². The van der Waals surface area contributed by atoms with E-state index >= 15 is 0 Å². The summed E-state index contributed by atoms with van der Waals surface area (Å²) in [6.45, 7) is 0.624. The van der Waals surface area contributed by atoms with Crippen LogP contribution >= 0.6 is 0 Å². The molecule has 0 saturated carbocycles. The number of unbranched alkanes of at least 4 members (excludes halogenated alkanes) is 2. The van der Waals surface area contributed by atoms with Gasteiger partial charge in [0.25, 0.3) is 5.91 Å². The molecular formula is C24H27FN4O2. The zero-order valence-electron chi connectivity index (χ0n) is 17.6. The summed E-state index contributed by atoms with van der Waals surface area (Å²) in [5.74, 6) is -0.641. The third kappa shape index (κ3) is 6.77. The molecule has 162 valence electrons. The van der Waals surface area contributed by atoms with E-state index in [4.69, 9.17) is 0 Å². The highest BCUT2D eigenvalue weighted by Gasteiger charge is 2.11. The van der Waals surface area contributed by atoms with Crippen LogP contribution in [0.25, 0.3) is 11.3 Å². The summed E-state index contributed by atoms with van der Waals surface area (Å²) in [4.78, 5) is 25.8. The number of hydrogen-bond acceptors (Lipinski definition) is 3. The van der Waals surface area contributed by atoms with Crippen molar-refractivity contribution in [2.45, 2.75) is 25.7 Å². The summed E-state index contributed by atoms with van der Waals surface area (Å²) in [6.07, 6.45) is 3.63.